The summed E-state index contributed by atoms with van der Waals surface area (Å²) >= 11 is 3.47. The fraction of sp³-hybridized carbons (Fsp3) is 0.500. The first kappa shape index (κ1) is 13.9. The minimum absolute atomic E-state index is 0.475. The zero-order valence-corrected chi connectivity index (χ0v) is 12.1. The zero-order valence-electron chi connectivity index (χ0n) is 9.70. The molecular weight excluding hydrogens is 286 g/mol. The molecule has 4 heteroatoms. The van der Waals surface area contributed by atoms with Crippen LogP contribution in [0.3, 0.4) is 0 Å². The van der Waals surface area contributed by atoms with Crippen LogP contribution < -0.4 is 5.32 Å². The second-order valence-corrected chi connectivity index (χ2v) is 6.41. The number of hydrogen-bond donors (Lipinski definition) is 1. The van der Waals surface area contributed by atoms with Crippen molar-refractivity contribution < 1.29 is 4.21 Å². The smallest absolute Gasteiger partial charge is 0.0357 e. The molecule has 0 heterocycles. The first-order valence-electron chi connectivity index (χ1n) is 5.36. The summed E-state index contributed by atoms with van der Waals surface area (Å²) in [6.07, 6.45) is 1.74. The third-order valence-corrected chi connectivity index (χ3v) is 3.71. The number of halogens is 1. The predicted octanol–water partition coefficient (Wildman–Crippen LogP) is 2.52. The van der Waals surface area contributed by atoms with Crippen LogP contribution >= 0.6 is 15.9 Å². The lowest BCUT2D eigenvalue weighted by Gasteiger charge is -2.13. The Kier molecular flexibility index (Phi) is 6.24. The molecule has 16 heavy (non-hydrogen) atoms. The third kappa shape index (κ3) is 5.23. The van der Waals surface area contributed by atoms with Gasteiger partial charge in [-0.3, -0.25) is 4.21 Å². The molecule has 0 aliphatic carbocycles. The molecule has 1 rings (SSSR count). The molecule has 0 aliphatic rings. The number of rotatable bonds is 6. The molecule has 0 aromatic heterocycles. The Morgan fingerprint density at radius 2 is 2.25 bits per heavy atom. The maximum atomic E-state index is 10.9. The van der Waals surface area contributed by atoms with Crippen LogP contribution in [0.15, 0.2) is 28.7 Å². The number of benzene rings is 1. The van der Waals surface area contributed by atoms with Crippen molar-refractivity contribution in [2.45, 2.75) is 12.8 Å². The molecule has 0 bridgehead atoms. The van der Waals surface area contributed by atoms with E-state index in [0.29, 0.717) is 5.92 Å². The monoisotopic (exact) mass is 303 g/mol. The summed E-state index contributed by atoms with van der Waals surface area (Å²) in [7, 11) is -0.698. The van der Waals surface area contributed by atoms with Gasteiger partial charge in [-0.25, -0.2) is 0 Å². The van der Waals surface area contributed by atoms with Crippen molar-refractivity contribution in [1.82, 2.24) is 5.32 Å². The Bertz CT molecular complexity index is 357. The van der Waals surface area contributed by atoms with Crippen molar-refractivity contribution in [2.75, 3.05) is 25.1 Å². The summed E-state index contributed by atoms with van der Waals surface area (Å²) in [6.45, 7) is 3.94. The highest BCUT2D eigenvalue weighted by molar-refractivity contribution is 9.10. The van der Waals surface area contributed by atoms with Gasteiger partial charge in [0.1, 0.15) is 0 Å². The minimum atomic E-state index is -0.698. The Morgan fingerprint density at radius 3 is 2.88 bits per heavy atom. The largest absolute Gasteiger partial charge is 0.315 e. The van der Waals surface area contributed by atoms with Crippen LogP contribution in [0.25, 0.3) is 0 Å². The van der Waals surface area contributed by atoms with E-state index in [-0.39, 0.29) is 0 Å². The van der Waals surface area contributed by atoms with Crippen molar-refractivity contribution in [3.05, 3.63) is 34.3 Å². The van der Waals surface area contributed by atoms with Gasteiger partial charge in [0.25, 0.3) is 0 Å². The van der Waals surface area contributed by atoms with E-state index in [2.05, 4.69) is 46.4 Å². The molecule has 2 unspecified atom stereocenters. The summed E-state index contributed by atoms with van der Waals surface area (Å²) in [5.41, 5.74) is 1.32. The Balaban J connectivity index is 2.35. The molecule has 0 saturated heterocycles. The minimum Gasteiger partial charge on any atom is -0.315 e. The second-order valence-electron chi connectivity index (χ2n) is 3.94. The molecule has 1 aromatic rings. The van der Waals surface area contributed by atoms with Gasteiger partial charge in [0.15, 0.2) is 0 Å². The Morgan fingerprint density at radius 1 is 1.50 bits per heavy atom. The third-order valence-electron chi connectivity index (χ3n) is 2.43. The van der Waals surface area contributed by atoms with Gasteiger partial charge in [-0.1, -0.05) is 35.0 Å². The number of nitrogens with one attached hydrogen (secondary N) is 1. The predicted molar refractivity (Wildman–Crippen MR) is 74.4 cm³/mol. The number of hydrogen-bond acceptors (Lipinski definition) is 2. The Hall–Kier alpha value is -0.190. The molecule has 2 nitrogen and oxygen atoms in total. The molecular formula is C12H18BrNOS. The highest BCUT2D eigenvalue weighted by Crippen LogP contribution is 2.18. The SMILES string of the molecule is CC(CNCCS(C)=O)c1cccc(Br)c1. The molecule has 0 spiro atoms. The quantitative estimate of drug-likeness (QED) is 0.818. The average Bonchev–Trinajstić information content (AvgIpc) is 2.24. The van der Waals surface area contributed by atoms with Gasteiger partial charge in [0.2, 0.25) is 0 Å². The molecule has 1 aromatic carbocycles. The molecule has 2 atom stereocenters. The van der Waals surface area contributed by atoms with Crippen LogP contribution in [-0.4, -0.2) is 29.3 Å². The first-order valence-corrected chi connectivity index (χ1v) is 7.88. The van der Waals surface area contributed by atoms with Crippen LogP contribution in [0.2, 0.25) is 0 Å². The summed E-state index contributed by atoms with van der Waals surface area (Å²) < 4.78 is 12.0. The van der Waals surface area contributed by atoms with Crippen LogP contribution in [0.4, 0.5) is 0 Å². The maximum Gasteiger partial charge on any atom is 0.0357 e. The first-order chi connectivity index (χ1) is 7.59. The molecule has 0 radical (unpaired) electrons. The zero-order chi connectivity index (χ0) is 12.0. The maximum absolute atomic E-state index is 10.9. The van der Waals surface area contributed by atoms with E-state index in [0.717, 1.165) is 23.3 Å². The summed E-state index contributed by atoms with van der Waals surface area (Å²) in [6, 6.07) is 8.36. The van der Waals surface area contributed by atoms with Crippen LogP contribution in [0, 0.1) is 0 Å². The van der Waals surface area contributed by atoms with Crippen molar-refractivity contribution >= 4 is 26.7 Å². The fourth-order valence-corrected chi connectivity index (χ4v) is 2.31. The summed E-state index contributed by atoms with van der Waals surface area (Å²) in [5, 5.41) is 3.33. The highest BCUT2D eigenvalue weighted by Gasteiger charge is 2.05. The van der Waals surface area contributed by atoms with Gasteiger partial charge in [0, 0.05) is 40.4 Å². The van der Waals surface area contributed by atoms with Gasteiger partial charge in [-0.05, 0) is 23.6 Å². The van der Waals surface area contributed by atoms with E-state index in [9.17, 15) is 4.21 Å². The van der Waals surface area contributed by atoms with Crippen molar-refractivity contribution in [2.24, 2.45) is 0 Å². The summed E-state index contributed by atoms with van der Waals surface area (Å²) in [5.74, 6) is 1.20. The molecule has 0 fully saturated rings. The van der Waals surface area contributed by atoms with E-state index in [1.165, 1.54) is 5.56 Å². The normalized spacial score (nSPS) is 14.7. The fourth-order valence-electron chi connectivity index (χ4n) is 1.47. The topological polar surface area (TPSA) is 29.1 Å². The van der Waals surface area contributed by atoms with Crippen LogP contribution in [0.5, 0.6) is 0 Å². The van der Waals surface area contributed by atoms with Crippen LogP contribution in [0.1, 0.15) is 18.4 Å². The molecule has 0 amide bonds. The van der Waals surface area contributed by atoms with Crippen molar-refractivity contribution in [3.63, 3.8) is 0 Å². The van der Waals surface area contributed by atoms with Gasteiger partial charge in [0.05, 0.1) is 0 Å². The molecule has 0 saturated carbocycles. The van der Waals surface area contributed by atoms with Crippen LogP contribution in [-0.2, 0) is 10.8 Å². The van der Waals surface area contributed by atoms with E-state index in [4.69, 9.17) is 0 Å². The lowest BCUT2D eigenvalue weighted by atomic mass is 10.0. The van der Waals surface area contributed by atoms with E-state index >= 15 is 0 Å². The Labute approximate surface area is 108 Å². The van der Waals surface area contributed by atoms with Gasteiger partial charge < -0.3 is 5.32 Å². The molecule has 90 valence electrons. The average molecular weight is 304 g/mol. The van der Waals surface area contributed by atoms with E-state index in [1.54, 1.807) is 6.26 Å². The second kappa shape index (κ2) is 7.20. The van der Waals surface area contributed by atoms with Gasteiger partial charge in [-0.15, -0.1) is 0 Å². The van der Waals surface area contributed by atoms with Crippen molar-refractivity contribution in [3.8, 4) is 0 Å². The standard InChI is InChI=1S/C12H18BrNOS/c1-10(9-14-6-7-16(2)15)11-4-3-5-12(13)8-11/h3-5,8,10,14H,6-7,9H2,1-2H3. The lowest BCUT2D eigenvalue weighted by molar-refractivity contribution is 0.631. The van der Waals surface area contributed by atoms with E-state index in [1.807, 2.05) is 6.07 Å². The molecule has 1 N–H and O–H groups in total. The highest BCUT2D eigenvalue weighted by atomic mass is 79.9. The van der Waals surface area contributed by atoms with Gasteiger partial charge >= 0.3 is 0 Å². The van der Waals surface area contributed by atoms with E-state index < -0.39 is 10.8 Å². The van der Waals surface area contributed by atoms with Gasteiger partial charge in [-0.2, -0.15) is 0 Å². The molecule has 0 aliphatic heterocycles. The summed E-state index contributed by atoms with van der Waals surface area (Å²) in [4.78, 5) is 0. The van der Waals surface area contributed by atoms with Crippen molar-refractivity contribution in [1.29, 1.82) is 0 Å². The lowest BCUT2D eigenvalue weighted by Crippen LogP contribution is -2.24.